The Hall–Kier alpha value is -1.87. The lowest BCUT2D eigenvalue weighted by Crippen LogP contribution is -2.29. The summed E-state index contributed by atoms with van der Waals surface area (Å²) in [4.78, 5) is 2.30. The predicted octanol–water partition coefficient (Wildman–Crippen LogP) is 3.50. The first-order chi connectivity index (χ1) is 10.2. The van der Waals surface area contributed by atoms with Gasteiger partial charge in [-0.2, -0.15) is 0 Å². The molecule has 0 amide bonds. The quantitative estimate of drug-likeness (QED) is 0.924. The lowest BCUT2D eigenvalue weighted by molar-refractivity contribution is 0.591. The molecule has 0 fully saturated rings. The lowest BCUT2D eigenvalue weighted by Gasteiger charge is -2.25. The molecule has 0 spiro atoms. The van der Waals surface area contributed by atoms with E-state index >= 15 is 0 Å². The van der Waals surface area contributed by atoms with Crippen LogP contribution in [0.5, 0.6) is 0 Å². The van der Waals surface area contributed by atoms with Gasteiger partial charge in [-0.3, -0.25) is 0 Å². The van der Waals surface area contributed by atoms with Gasteiger partial charge in [-0.1, -0.05) is 24.3 Å². The van der Waals surface area contributed by atoms with E-state index in [0.29, 0.717) is 12.6 Å². The lowest BCUT2D eigenvalue weighted by atomic mass is 10.1. The molecule has 0 bridgehead atoms. The highest BCUT2D eigenvalue weighted by atomic mass is 19.1. The van der Waals surface area contributed by atoms with Gasteiger partial charge in [0.2, 0.25) is 0 Å². The van der Waals surface area contributed by atoms with E-state index in [2.05, 4.69) is 41.4 Å². The Bertz CT molecular complexity index is 639. The van der Waals surface area contributed by atoms with Gasteiger partial charge in [0.1, 0.15) is 5.82 Å². The first kappa shape index (κ1) is 14.1. The smallest absolute Gasteiger partial charge is 0.128 e. The molecule has 110 valence electrons. The van der Waals surface area contributed by atoms with Gasteiger partial charge in [0.05, 0.1) is 0 Å². The second-order valence-corrected chi connectivity index (χ2v) is 5.77. The molecule has 0 radical (unpaired) electrons. The van der Waals surface area contributed by atoms with Crippen LogP contribution >= 0.6 is 0 Å². The molecule has 21 heavy (non-hydrogen) atoms. The van der Waals surface area contributed by atoms with Crippen molar-refractivity contribution in [2.45, 2.75) is 32.5 Å². The maximum atomic E-state index is 14.1. The third-order valence-electron chi connectivity index (χ3n) is 4.18. The van der Waals surface area contributed by atoms with Crippen molar-refractivity contribution in [3.63, 3.8) is 0 Å². The fourth-order valence-electron chi connectivity index (χ4n) is 3.12. The fourth-order valence-corrected chi connectivity index (χ4v) is 3.12. The van der Waals surface area contributed by atoms with Gasteiger partial charge in [-0.15, -0.1) is 0 Å². The van der Waals surface area contributed by atoms with E-state index in [4.69, 9.17) is 0 Å². The van der Waals surface area contributed by atoms with Crippen LogP contribution in [0.15, 0.2) is 42.5 Å². The number of halogens is 1. The Morgan fingerprint density at radius 2 is 2.05 bits per heavy atom. The largest absolute Gasteiger partial charge is 0.364 e. The Morgan fingerprint density at radius 3 is 2.86 bits per heavy atom. The van der Waals surface area contributed by atoms with Crippen LogP contribution in [0.25, 0.3) is 0 Å². The van der Waals surface area contributed by atoms with Crippen LogP contribution in [0.4, 0.5) is 10.1 Å². The third-order valence-corrected chi connectivity index (χ3v) is 4.18. The van der Waals surface area contributed by atoms with Crippen molar-refractivity contribution >= 4 is 5.69 Å². The first-order valence-electron chi connectivity index (χ1n) is 7.45. The van der Waals surface area contributed by atoms with Crippen LogP contribution in [0.2, 0.25) is 0 Å². The second-order valence-electron chi connectivity index (χ2n) is 5.77. The Labute approximate surface area is 125 Å². The topological polar surface area (TPSA) is 15.3 Å². The van der Waals surface area contributed by atoms with Crippen LogP contribution in [0, 0.1) is 5.82 Å². The number of rotatable bonds is 4. The number of nitrogens with one attached hydrogen (secondary N) is 1. The van der Waals surface area contributed by atoms with Gasteiger partial charge in [0.15, 0.2) is 0 Å². The van der Waals surface area contributed by atoms with E-state index in [1.54, 1.807) is 6.07 Å². The van der Waals surface area contributed by atoms with Crippen molar-refractivity contribution in [2.24, 2.45) is 0 Å². The molecule has 2 aromatic rings. The molecule has 3 heteroatoms. The van der Waals surface area contributed by atoms with Crippen LogP contribution in [0.3, 0.4) is 0 Å². The van der Waals surface area contributed by atoms with Crippen LogP contribution in [-0.2, 0) is 19.5 Å². The number of nitrogens with zero attached hydrogens (tertiary/aromatic N) is 1. The molecular weight excluding hydrogens is 263 g/mol. The number of benzene rings is 2. The zero-order chi connectivity index (χ0) is 14.8. The minimum atomic E-state index is -0.119. The zero-order valence-corrected chi connectivity index (χ0v) is 12.6. The molecule has 1 unspecified atom stereocenters. The fraction of sp³-hybridized carbons (Fsp3) is 0.333. The van der Waals surface area contributed by atoms with Crippen molar-refractivity contribution < 1.29 is 4.39 Å². The standard InChI is InChI=1S/C18H21FN2/c1-13-9-15-5-3-4-6-18(15)21(13)12-16-10-14(11-20-2)7-8-17(16)19/h3-8,10,13,20H,9,11-12H2,1-2H3. The SMILES string of the molecule is CNCc1ccc(F)c(CN2c3ccccc3CC2C)c1. The summed E-state index contributed by atoms with van der Waals surface area (Å²) >= 11 is 0. The van der Waals surface area contributed by atoms with Crippen LogP contribution < -0.4 is 10.2 Å². The Balaban J connectivity index is 1.88. The molecule has 2 aromatic carbocycles. The Kier molecular flexibility index (Phi) is 3.93. The molecule has 1 aliphatic heterocycles. The van der Waals surface area contributed by atoms with Gasteiger partial charge in [-0.25, -0.2) is 4.39 Å². The molecule has 0 aliphatic carbocycles. The normalized spacial score (nSPS) is 17.1. The highest BCUT2D eigenvalue weighted by Crippen LogP contribution is 2.33. The molecule has 0 saturated heterocycles. The second kappa shape index (κ2) is 5.86. The maximum absolute atomic E-state index is 14.1. The van der Waals surface area contributed by atoms with Gasteiger partial charge < -0.3 is 10.2 Å². The highest BCUT2D eigenvalue weighted by molar-refractivity contribution is 5.59. The molecule has 2 nitrogen and oxygen atoms in total. The number of hydrogen-bond donors (Lipinski definition) is 1. The molecule has 1 atom stereocenters. The summed E-state index contributed by atoms with van der Waals surface area (Å²) in [5, 5.41) is 3.11. The van der Waals surface area contributed by atoms with Gasteiger partial charge in [-0.05, 0) is 49.7 Å². The molecule has 0 aromatic heterocycles. The molecule has 1 heterocycles. The van der Waals surface area contributed by atoms with Crippen LogP contribution in [0.1, 0.15) is 23.6 Å². The summed E-state index contributed by atoms with van der Waals surface area (Å²) in [6.07, 6.45) is 1.04. The van der Waals surface area contributed by atoms with Crippen molar-refractivity contribution in [1.82, 2.24) is 5.32 Å². The van der Waals surface area contributed by atoms with Crippen molar-refractivity contribution in [3.8, 4) is 0 Å². The minimum absolute atomic E-state index is 0.119. The van der Waals surface area contributed by atoms with Crippen molar-refractivity contribution in [2.75, 3.05) is 11.9 Å². The van der Waals surface area contributed by atoms with Crippen molar-refractivity contribution in [1.29, 1.82) is 0 Å². The van der Waals surface area contributed by atoms with E-state index in [-0.39, 0.29) is 5.82 Å². The first-order valence-corrected chi connectivity index (χ1v) is 7.45. The van der Waals surface area contributed by atoms with Crippen LogP contribution in [-0.4, -0.2) is 13.1 Å². The minimum Gasteiger partial charge on any atom is -0.364 e. The number of para-hydroxylation sites is 1. The summed E-state index contributed by atoms with van der Waals surface area (Å²) in [6.45, 7) is 3.59. The van der Waals surface area contributed by atoms with E-state index in [1.165, 1.54) is 11.3 Å². The van der Waals surface area contributed by atoms with E-state index in [9.17, 15) is 4.39 Å². The summed E-state index contributed by atoms with van der Waals surface area (Å²) in [5.74, 6) is -0.119. The van der Waals surface area contributed by atoms with E-state index in [0.717, 1.165) is 24.1 Å². The number of anilines is 1. The molecule has 1 N–H and O–H groups in total. The third kappa shape index (κ3) is 2.79. The molecule has 1 aliphatic rings. The monoisotopic (exact) mass is 284 g/mol. The average Bonchev–Trinajstić information content (AvgIpc) is 2.79. The molecule has 0 saturated carbocycles. The average molecular weight is 284 g/mol. The van der Waals surface area contributed by atoms with Gasteiger partial charge in [0.25, 0.3) is 0 Å². The van der Waals surface area contributed by atoms with E-state index in [1.807, 2.05) is 19.2 Å². The van der Waals surface area contributed by atoms with Gasteiger partial charge in [0, 0.05) is 30.4 Å². The zero-order valence-electron chi connectivity index (χ0n) is 12.6. The maximum Gasteiger partial charge on any atom is 0.128 e. The predicted molar refractivity (Wildman–Crippen MR) is 85.0 cm³/mol. The molecule has 3 rings (SSSR count). The van der Waals surface area contributed by atoms with Gasteiger partial charge >= 0.3 is 0 Å². The summed E-state index contributed by atoms with van der Waals surface area (Å²) in [6, 6.07) is 14.2. The Morgan fingerprint density at radius 1 is 1.24 bits per heavy atom. The molecular formula is C18H21FN2. The number of fused-ring (bicyclic) bond motifs is 1. The summed E-state index contributed by atoms with van der Waals surface area (Å²) in [5.41, 5.74) is 4.49. The number of hydrogen-bond acceptors (Lipinski definition) is 2. The summed E-state index contributed by atoms with van der Waals surface area (Å²) in [7, 11) is 1.90. The highest BCUT2D eigenvalue weighted by Gasteiger charge is 2.26. The van der Waals surface area contributed by atoms with E-state index < -0.39 is 0 Å². The van der Waals surface area contributed by atoms with Crippen molar-refractivity contribution in [3.05, 3.63) is 65.0 Å². The summed E-state index contributed by atoms with van der Waals surface area (Å²) < 4.78 is 14.1.